The first-order valence-electron chi connectivity index (χ1n) is 9.86. The van der Waals surface area contributed by atoms with Gasteiger partial charge in [-0.05, 0) is 63.3 Å². The van der Waals surface area contributed by atoms with E-state index in [0.29, 0.717) is 11.0 Å². The molecule has 0 bridgehead atoms. The molecule has 3 aromatic rings. The second-order valence-electron chi connectivity index (χ2n) is 8.78. The summed E-state index contributed by atoms with van der Waals surface area (Å²) in [7, 11) is -0.653. The molecule has 0 atom stereocenters. The average Bonchev–Trinajstić information content (AvgIpc) is 2.88. The Morgan fingerprint density at radius 3 is 2.13 bits per heavy atom. The van der Waals surface area contributed by atoms with Gasteiger partial charge in [0, 0.05) is 6.20 Å². The maximum Gasteiger partial charge on any atom is 0.494 e. The number of nitrogens with zero attached hydrogens (tertiary/aromatic N) is 2. The van der Waals surface area contributed by atoms with Crippen molar-refractivity contribution in [2.75, 3.05) is 0 Å². The first kappa shape index (κ1) is 21.6. The van der Waals surface area contributed by atoms with Gasteiger partial charge in [0.15, 0.2) is 5.69 Å². The predicted molar refractivity (Wildman–Crippen MR) is 112 cm³/mol. The highest BCUT2D eigenvalue weighted by molar-refractivity contribution is 6.62. The van der Waals surface area contributed by atoms with E-state index in [4.69, 9.17) is 9.31 Å². The van der Waals surface area contributed by atoms with Crippen molar-refractivity contribution >= 4 is 18.2 Å². The number of pyridine rings is 1. The molecule has 1 aliphatic heterocycles. The Morgan fingerprint density at radius 1 is 1.00 bits per heavy atom. The Labute approximate surface area is 178 Å². The van der Waals surface area contributed by atoms with E-state index < -0.39 is 41.3 Å². The Bertz CT molecular complexity index is 1200. The van der Waals surface area contributed by atoms with E-state index in [0.717, 1.165) is 4.40 Å². The van der Waals surface area contributed by atoms with Crippen LogP contribution in [0.2, 0.25) is 0 Å². The summed E-state index contributed by atoms with van der Waals surface area (Å²) < 4.78 is 54.5. The number of benzene rings is 1. The van der Waals surface area contributed by atoms with Crippen LogP contribution in [0.3, 0.4) is 0 Å². The highest BCUT2D eigenvalue weighted by Crippen LogP contribution is 2.37. The molecule has 0 spiro atoms. The van der Waals surface area contributed by atoms with E-state index in [9.17, 15) is 18.0 Å². The smallest absolute Gasteiger partial charge is 0.399 e. The highest BCUT2D eigenvalue weighted by atomic mass is 19.4. The van der Waals surface area contributed by atoms with E-state index in [1.807, 2.05) is 27.7 Å². The molecule has 31 heavy (non-hydrogen) atoms. The summed E-state index contributed by atoms with van der Waals surface area (Å²) in [5.74, 6) is 0. The van der Waals surface area contributed by atoms with E-state index in [-0.39, 0.29) is 11.2 Å². The van der Waals surface area contributed by atoms with E-state index in [1.54, 1.807) is 25.1 Å². The average molecular weight is 430 g/mol. The van der Waals surface area contributed by atoms with Crippen molar-refractivity contribution in [3.63, 3.8) is 0 Å². The van der Waals surface area contributed by atoms with Crippen molar-refractivity contribution in [1.29, 1.82) is 0 Å². The summed E-state index contributed by atoms with van der Waals surface area (Å²) in [4.78, 5) is 16.8. The van der Waals surface area contributed by atoms with Gasteiger partial charge in [0.1, 0.15) is 5.65 Å². The van der Waals surface area contributed by atoms with Gasteiger partial charge in [-0.15, -0.1) is 0 Å². The van der Waals surface area contributed by atoms with Gasteiger partial charge in [0.2, 0.25) is 0 Å². The third kappa shape index (κ3) is 3.66. The van der Waals surface area contributed by atoms with Gasteiger partial charge in [-0.3, -0.25) is 9.20 Å². The summed E-state index contributed by atoms with van der Waals surface area (Å²) in [6.07, 6.45) is -3.35. The van der Waals surface area contributed by atoms with Crippen LogP contribution in [0.4, 0.5) is 13.2 Å². The molecular formula is C22H22BF3N2O3. The fraction of sp³-hybridized carbons (Fsp3) is 0.364. The minimum Gasteiger partial charge on any atom is -0.399 e. The van der Waals surface area contributed by atoms with E-state index in [2.05, 4.69) is 4.98 Å². The monoisotopic (exact) mass is 430 g/mol. The predicted octanol–water partition coefficient (Wildman–Crippen LogP) is 3.99. The molecule has 4 rings (SSSR count). The van der Waals surface area contributed by atoms with E-state index >= 15 is 0 Å². The highest BCUT2D eigenvalue weighted by Gasteiger charge is 2.51. The van der Waals surface area contributed by atoms with Crippen LogP contribution < -0.4 is 11.0 Å². The molecule has 1 aromatic carbocycles. The van der Waals surface area contributed by atoms with Crippen LogP contribution in [0.5, 0.6) is 0 Å². The fourth-order valence-electron chi connectivity index (χ4n) is 3.49. The maximum absolute atomic E-state index is 13.8. The summed E-state index contributed by atoms with van der Waals surface area (Å²) in [6, 6.07) is 9.25. The molecule has 1 fully saturated rings. The molecule has 1 saturated heterocycles. The molecule has 1 aliphatic rings. The van der Waals surface area contributed by atoms with Crippen LogP contribution in [-0.2, 0) is 15.5 Å². The fourth-order valence-corrected chi connectivity index (χ4v) is 3.49. The van der Waals surface area contributed by atoms with Crippen molar-refractivity contribution < 1.29 is 22.5 Å². The van der Waals surface area contributed by atoms with Gasteiger partial charge in [0.05, 0.1) is 16.8 Å². The topological polar surface area (TPSA) is 52.8 Å². The lowest BCUT2D eigenvalue weighted by Crippen LogP contribution is -2.41. The molecule has 5 nitrogen and oxygen atoms in total. The molecule has 0 amide bonds. The summed E-state index contributed by atoms with van der Waals surface area (Å²) in [6.45, 7) is 9.39. The first-order chi connectivity index (χ1) is 14.3. The molecule has 0 N–H and O–H groups in total. The van der Waals surface area contributed by atoms with Gasteiger partial charge >= 0.3 is 13.3 Å². The Kier molecular flexibility index (Phi) is 4.83. The second-order valence-corrected chi connectivity index (χ2v) is 8.78. The lowest BCUT2D eigenvalue weighted by Gasteiger charge is -2.32. The number of hydrogen-bond acceptors (Lipinski definition) is 4. The van der Waals surface area contributed by atoms with Gasteiger partial charge in [-0.1, -0.05) is 24.3 Å². The Balaban J connectivity index is 1.81. The summed E-state index contributed by atoms with van der Waals surface area (Å²) in [5, 5.41) is 0. The lowest BCUT2D eigenvalue weighted by molar-refractivity contribution is -0.140. The van der Waals surface area contributed by atoms with Gasteiger partial charge < -0.3 is 9.31 Å². The molecule has 0 radical (unpaired) electrons. The van der Waals surface area contributed by atoms with Crippen LogP contribution >= 0.6 is 0 Å². The van der Waals surface area contributed by atoms with Crippen LogP contribution in [0.25, 0.3) is 16.8 Å². The normalized spacial score (nSPS) is 18.0. The van der Waals surface area contributed by atoms with Crippen molar-refractivity contribution in [3.05, 3.63) is 64.2 Å². The molecule has 0 aliphatic carbocycles. The van der Waals surface area contributed by atoms with Crippen LogP contribution in [-0.4, -0.2) is 27.7 Å². The zero-order valence-electron chi connectivity index (χ0n) is 17.9. The Hall–Kier alpha value is -2.65. The van der Waals surface area contributed by atoms with Crippen LogP contribution in [0.15, 0.2) is 47.4 Å². The van der Waals surface area contributed by atoms with Crippen molar-refractivity contribution in [2.24, 2.45) is 0 Å². The molecule has 0 unspecified atom stereocenters. The maximum atomic E-state index is 13.8. The number of fused-ring (bicyclic) bond motifs is 1. The van der Waals surface area contributed by atoms with Gasteiger partial charge in [0.25, 0.3) is 5.56 Å². The minimum atomic E-state index is -4.78. The number of alkyl halides is 3. The Morgan fingerprint density at radius 2 is 1.58 bits per heavy atom. The van der Waals surface area contributed by atoms with E-state index in [1.165, 1.54) is 24.4 Å². The number of halogens is 3. The minimum absolute atomic E-state index is 0.0464. The zero-order chi connectivity index (χ0) is 22.8. The molecule has 9 heteroatoms. The molecular weight excluding hydrogens is 408 g/mol. The summed E-state index contributed by atoms with van der Waals surface area (Å²) in [5.41, 5.74) is -2.12. The largest absolute Gasteiger partial charge is 0.494 e. The summed E-state index contributed by atoms with van der Waals surface area (Å²) >= 11 is 0. The molecule has 2 aromatic heterocycles. The standard InChI is InChI=1S/C22H22BF3N2O3/c1-13-10-11-28-16(12-13)27-18(22(24,25)26)17(19(28)29)14-6-8-15(9-7-14)23-30-20(2,3)21(4,5)31-23/h6-12H,1-5H3. The number of aryl methyl sites for hydroxylation is 1. The number of hydrogen-bond donors (Lipinski definition) is 0. The van der Waals surface area contributed by atoms with Crippen LogP contribution in [0, 0.1) is 6.92 Å². The van der Waals surface area contributed by atoms with Gasteiger partial charge in [-0.25, -0.2) is 4.98 Å². The first-order valence-corrected chi connectivity index (χ1v) is 9.86. The molecule has 0 saturated carbocycles. The number of aromatic nitrogens is 2. The van der Waals surface area contributed by atoms with Gasteiger partial charge in [-0.2, -0.15) is 13.2 Å². The second kappa shape index (κ2) is 6.93. The molecule has 162 valence electrons. The van der Waals surface area contributed by atoms with Crippen molar-refractivity contribution in [2.45, 2.75) is 52.0 Å². The third-order valence-corrected chi connectivity index (χ3v) is 5.98. The quantitative estimate of drug-likeness (QED) is 0.578. The van der Waals surface area contributed by atoms with Crippen molar-refractivity contribution in [1.82, 2.24) is 9.38 Å². The lowest BCUT2D eigenvalue weighted by atomic mass is 9.78. The molecule has 3 heterocycles. The SMILES string of the molecule is Cc1ccn2c(=O)c(-c3ccc(B4OC(C)(C)C(C)(C)O4)cc3)c(C(F)(F)F)nc2c1. The van der Waals surface area contributed by atoms with Crippen LogP contribution in [0.1, 0.15) is 39.0 Å². The zero-order valence-corrected chi connectivity index (χ0v) is 17.9. The number of rotatable bonds is 2. The third-order valence-electron chi connectivity index (χ3n) is 5.98. The van der Waals surface area contributed by atoms with Crippen molar-refractivity contribution in [3.8, 4) is 11.1 Å².